The van der Waals surface area contributed by atoms with Gasteiger partial charge in [0.05, 0.1) is 0 Å². The molecule has 1 aromatic rings. The maximum atomic E-state index is 5.75. The summed E-state index contributed by atoms with van der Waals surface area (Å²) in [5, 5.41) is 0.334. The van der Waals surface area contributed by atoms with E-state index in [1.165, 1.54) is 12.8 Å². The molecule has 4 heteroatoms. The van der Waals surface area contributed by atoms with Crippen LogP contribution in [0.2, 0.25) is 5.28 Å². The van der Waals surface area contributed by atoms with Gasteiger partial charge < -0.3 is 4.90 Å². The molecule has 0 N–H and O–H groups in total. The van der Waals surface area contributed by atoms with Gasteiger partial charge in [0.2, 0.25) is 5.28 Å². The third-order valence-corrected chi connectivity index (χ3v) is 2.77. The molecule has 76 valence electrons. The van der Waals surface area contributed by atoms with E-state index in [4.69, 9.17) is 11.6 Å². The van der Waals surface area contributed by atoms with Gasteiger partial charge in [-0.05, 0) is 36.4 Å². The third-order valence-electron chi connectivity index (χ3n) is 2.59. The fraction of sp³-hybridized carbons (Fsp3) is 0.600. The number of aromatic nitrogens is 2. The van der Waals surface area contributed by atoms with Crippen molar-refractivity contribution in [3.63, 3.8) is 0 Å². The van der Waals surface area contributed by atoms with Crippen LogP contribution in [0.4, 0.5) is 5.82 Å². The minimum atomic E-state index is 0.334. The number of anilines is 1. The van der Waals surface area contributed by atoms with Gasteiger partial charge in [-0.3, -0.25) is 0 Å². The van der Waals surface area contributed by atoms with Crippen molar-refractivity contribution in [3.05, 3.63) is 17.5 Å². The fourth-order valence-electron chi connectivity index (χ4n) is 1.90. The van der Waals surface area contributed by atoms with E-state index in [0.29, 0.717) is 5.28 Å². The first-order valence-electron chi connectivity index (χ1n) is 4.99. The van der Waals surface area contributed by atoms with Crippen LogP contribution in [0.5, 0.6) is 0 Å². The molecule has 1 aliphatic heterocycles. The summed E-state index contributed by atoms with van der Waals surface area (Å²) in [4.78, 5) is 10.4. The van der Waals surface area contributed by atoms with Crippen molar-refractivity contribution in [2.45, 2.75) is 19.8 Å². The molecular weight excluding hydrogens is 198 g/mol. The topological polar surface area (TPSA) is 29.0 Å². The SMILES string of the molecule is C[C@@H]1CCCN(c2ccnc(Cl)n2)C1. The Balaban J connectivity index is 2.14. The first-order valence-corrected chi connectivity index (χ1v) is 5.37. The van der Waals surface area contributed by atoms with E-state index in [1.807, 2.05) is 6.07 Å². The molecule has 1 fully saturated rings. The number of hydrogen-bond donors (Lipinski definition) is 0. The second kappa shape index (κ2) is 4.13. The monoisotopic (exact) mass is 211 g/mol. The molecule has 0 radical (unpaired) electrons. The lowest BCUT2D eigenvalue weighted by molar-refractivity contribution is 0.444. The Morgan fingerprint density at radius 3 is 3.14 bits per heavy atom. The minimum Gasteiger partial charge on any atom is -0.356 e. The van der Waals surface area contributed by atoms with Crippen molar-refractivity contribution in [1.82, 2.24) is 9.97 Å². The zero-order valence-electron chi connectivity index (χ0n) is 8.28. The minimum absolute atomic E-state index is 0.334. The highest BCUT2D eigenvalue weighted by molar-refractivity contribution is 6.28. The highest BCUT2D eigenvalue weighted by atomic mass is 35.5. The summed E-state index contributed by atoms with van der Waals surface area (Å²) < 4.78 is 0. The second-order valence-corrected chi connectivity index (χ2v) is 4.22. The van der Waals surface area contributed by atoms with Crippen LogP contribution in [0.3, 0.4) is 0 Å². The highest BCUT2D eigenvalue weighted by Crippen LogP contribution is 2.21. The van der Waals surface area contributed by atoms with Crippen LogP contribution < -0.4 is 4.90 Å². The van der Waals surface area contributed by atoms with Gasteiger partial charge in [-0.15, -0.1) is 0 Å². The smallest absolute Gasteiger partial charge is 0.224 e. The average molecular weight is 212 g/mol. The molecule has 3 nitrogen and oxygen atoms in total. The summed E-state index contributed by atoms with van der Waals surface area (Å²) in [6.07, 6.45) is 4.27. The molecule has 0 unspecified atom stereocenters. The van der Waals surface area contributed by atoms with Crippen molar-refractivity contribution in [1.29, 1.82) is 0 Å². The standard InChI is InChI=1S/C10H14ClN3/c1-8-3-2-6-14(7-8)9-4-5-12-10(11)13-9/h4-5,8H,2-3,6-7H2,1H3/t8-/m1/s1. The number of rotatable bonds is 1. The lowest BCUT2D eigenvalue weighted by Crippen LogP contribution is -2.34. The van der Waals surface area contributed by atoms with E-state index < -0.39 is 0 Å². The van der Waals surface area contributed by atoms with Crippen molar-refractivity contribution in [2.24, 2.45) is 5.92 Å². The maximum absolute atomic E-state index is 5.75. The summed E-state index contributed by atoms with van der Waals surface area (Å²) >= 11 is 5.75. The van der Waals surface area contributed by atoms with Crippen LogP contribution in [-0.4, -0.2) is 23.1 Å². The molecule has 0 bridgehead atoms. The van der Waals surface area contributed by atoms with E-state index in [-0.39, 0.29) is 0 Å². The van der Waals surface area contributed by atoms with Crippen molar-refractivity contribution in [2.75, 3.05) is 18.0 Å². The zero-order valence-corrected chi connectivity index (χ0v) is 9.04. The number of hydrogen-bond acceptors (Lipinski definition) is 3. The van der Waals surface area contributed by atoms with E-state index >= 15 is 0 Å². The van der Waals surface area contributed by atoms with Gasteiger partial charge in [0.15, 0.2) is 0 Å². The van der Waals surface area contributed by atoms with Crippen LogP contribution in [0.25, 0.3) is 0 Å². The quantitative estimate of drug-likeness (QED) is 0.668. The third kappa shape index (κ3) is 2.15. The first-order chi connectivity index (χ1) is 6.75. The molecule has 0 spiro atoms. The summed E-state index contributed by atoms with van der Waals surface area (Å²) in [5.74, 6) is 1.70. The maximum Gasteiger partial charge on any atom is 0.224 e. The Morgan fingerprint density at radius 1 is 1.57 bits per heavy atom. The Morgan fingerprint density at radius 2 is 2.43 bits per heavy atom. The first kappa shape index (κ1) is 9.71. The molecule has 0 saturated carbocycles. The van der Waals surface area contributed by atoms with Gasteiger partial charge in [-0.2, -0.15) is 0 Å². The van der Waals surface area contributed by atoms with Crippen LogP contribution >= 0.6 is 11.6 Å². The Labute approximate surface area is 89.1 Å². The van der Waals surface area contributed by atoms with Crippen LogP contribution in [0.15, 0.2) is 12.3 Å². The lowest BCUT2D eigenvalue weighted by Gasteiger charge is -2.31. The molecule has 0 aromatic carbocycles. The summed E-state index contributed by atoms with van der Waals surface area (Å²) in [7, 11) is 0. The zero-order chi connectivity index (χ0) is 9.97. The molecule has 1 aliphatic rings. The van der Waals surface area contributed by atoms with Gasteiger partial charge in [-0.25, -0.2) is 9.97 Å². The van der Waals surface area contributed by atoms with Gasteiger partial charge in [0, 0.05) is 19.3 Å². The van der Waals surface area contributed by atoms with Crippen molar-refractivity contribution >= 4 is 17.4 Å². The predicted molar refractivity (Wildman–Crippen MR) is 57.7 cm³/mol. The molecule has 14 heavy (non-hydrogen) atoms. The van der Waals surface area contributed by atoms with Gasteiger partial charge in [0.25, 0.3) is 0 Å². The second-order valence-electron chi connectivity index (χ2n) is 3.88. The van der Waals surface area contributed by atoms with Gasteiger partial charge >= 0.3 is 0 Å². The van der Waals surface area contributed by atoms with Crippen LogP contribution in [0.1, 0.15) is 19.8 Å². The number of piperidine rings is 1. The van der Waals surface area contributed by atoms with Gasteiger partial charge in [0.1, 0.15) is 5.82 Å². The van der Waals surface area contributed by atoms with E-state index in [2.05, 4.69) is 21.8 Å². The van der Waals surface area contributed by atoms with Crippen molar-refractivity contribution < 1.29 is 0 Å². The summed E-state index contributed by atoms with van der Waals surface area (Å²) in [6.45, 7) is 4.43. The van der Waals surface area contributed by atoms with Gasteiger partial charge in [-0.1, -0.05) is 6.92 Å². The Kier molecular flexibility index (Phi) is 2.87. The predicted octanol–water partition coefficient (Wildman–Crippen LogP) is 2.37. The molecule has 1 aromatic heterocycles. The average Bonchev–Trinajstić information content (AvgIpc) is 2.18. The molecule has 2 rings (SSSR count). The molecular formula is C10H14ClN3. The molecule has 0 amide bonds. The van der Waals surface area contributed by atoms with Crippen LogP contribution in [-0.2, 0) is 0 Å². The molecule has 0 aliphatic carbocycles. The fourth-order valence-corrected chi connectivity index (χ4v) is 2.04. The molecule has 1 saturated heterocycles. The lowest BCUT2D eigenvalue weighted by atomic mass is 10.0. The van der Waals surface area contributed by atoms with E-state index in [9.17, 15) is 0 Å². The number of halogens is 1. The van der Waals surface area contributed by atoms with E-state index in [1.54, 1.807) is 6.20 Å². The largest absolute Gasteiger partial charge is 0.356 e. The van der Waals surface area contributed by atoms with E-state index in [0.717, 1.165) is 24.8 Å². The Hall–Kier alpha value is -0.830. The number of nitrogens with zero attached hydrogens (tertiary/aromatic N) is 3. The van der Waals surface area contributed by atoms with Crippen molar-refractivity contribution in [3.8, 4) is 0 Å². The normalized spacial score (nSPS) is 22.4. The Bertz CT molecular complexity index is 316. The highest BCUT2D eigenvalue weighted by Gasteiger charge is 2.17. The molecule has 2 heterocycles. The summed E-state index contributed by atoms with van der Waals surface area (Å²) in [6, 6.07) is 1.92. The van der Waals surface area contributed by atoms with Crippen LogP contribution in [0, 0.1) is 5.92 Å². The summed E-state index contributed by atoms with van der Waals surface area (Å²) in [5.41, 5.74) is 0. The molecule has 1 atom stereocenters.